The van der Waals surface area contributed by atoms with Gasteiger partial charge in [-0.05, 0) is 36.5 Å². The molecule has 0 heterocycles. The highest BCUT2D eigenvalue weighted by molar-refractivity contribution is 6.74. The fourth-order valence-electron chi connectivity index (χ4n) is 2.84. The minimum absolute atomic E-state index is 0.0752. The third kappa shape index (κ3) is 7.47. The molecule has 0 fully saturated rings. The van der Waals surface area contributed by atoms with Gasteiger partial charge in [0.15, 0.2) is 8.32 Å². The van der Waals surface area contributed by atoms with E-state index in [1.54, 1.807) is 0 Å². The molecule has 0 aromatic heterocycles. The normalized spacial score (nSPS) is 15.3. The van der Waals surface area contributed by atoms with Crippen LogP contribution < -0.4 is 5.32 Å². The van der Waals surface area contributed by atoms with Crippen LogP contribution in [0.2, 0.25) is 18.1 Å². The number of alkyl carbamates (subject to hydrolysis) is 1. The lowest BCUT2D eigenvalue weighted by Crippen LogP contribution is -2.55. The second-order valence-electron chi connectivity index (χ2n) is 8.92. The van der Waals surface area contributed by atoms with E-state index in [4.69, 9.17) is 9.16 Å². The fraction of sp³-hybridized carbons (Fsp3) is 0.636. The average molecular weight is 424 g/mol. The van der Waals surface area contributed by atoms with Crippen LogP contribution in [0.4, 0.5) is 4.79 Å². The predicted octanol–water partition coefficient (Wildman–Crippen LogP) is 5.19. The van der Waals surface area contributed by atoms with Crippen LogP contribution in [0, 0.1) is 5.92 Å². The van der Waals surface area contributed by atoms with Crippen LogP contribution in [-0.2, 0) is 20.6 Å². The standard InChI is InChI=1S/C22H37NO5Si/c1-8-17(20(24)25)19(28-29(6,7)22(3,4)5)18(9-2)23-21(26)27-15-16-13-11-10-12-14-16/h10-14,17-19H,8-9,15H2,1-7H3,(H,23,26)(H,24,25)/t17?,18-,19?/m0/s1. The van der Waals surface area contributed by atoms with Crippen molar-refractivity contribution in [3.8, 4) is 0 Å². The fourth-order valence-corrected chi connectivity index (χ4v) is 4.20. The molecule has 1 aromatic carbocycles. The maximum atomic E-state index is 12.4. The molecule has 6 nitrogen and oxygen atoms in total. The van der Waals surface area contributed by atoms with E-state index in [2.05, 4.69) is 39.2 Å². The number of carbonyl (C=O) groups excluding carboxylic acids is 1. The van der Waals surface area contributed by atoms with Crippen LogP contribution in [0.25, 0.3) is 0 Å². The number of ether oxygens (including phenoxy) is 1. The Labute approximate surface area is 176 Å². The van der Waals surface area contributed by atoms with Gasteiger partial charge in [-0.15, -0.1) is 0 Å². The first-order valence-corrected chi connectivity index (χ1v) is 13.2. The molecule has 164 valence electrons. The predicted molar refractivity (Wildman–Crippen MR) is 117 cm³/mol. The zero-order chi connectivity index (χ0) is 22.2. The molecule has 1 aromatic rings. The molecule has 0 saturated carbocycles. The SMILES string of the molecule is CCC(C(=O)O)C(O[Si](C)(C)C(C)(C)C)[C@H](CC)NC(=O)OCc1ccccc1. The molecule has 1 amide bonds. The summed E-state index contributed by atoms with van der Waals surface area (Å²) in [5, 5.41) is 12.5. The molecule has 0 aliphatic carbocycles. The first-order chi connectivity index (χ1) is 13.4. The van der Waals surface area contributed by atoms with E-state index >= 15 is 0 Å². The number of carboxylic acid groups (broad SMARTS) is 1. The second-order valence-corrected chi connectivity index (χ2v) is 13.7. The first-order valence-electron chi connectivity index (χ1n) is 10.3. The van der Waals surface area contributed by atoms with Crippen molar-refractivity contribution >= 4 is 20.4 Å². The summed E-state index contributed by atoms with van der Waals surface area (Å²) < 4.78 is 11.9. The summed E-state index contributed by atoms with van der Waals surface area (Å²) in [5.41, 5.74) is 0.891. The lowest BCUT2D eigenvalue weighted by Gasteiger charge is -2.43. The van der Waals surface area contributed by atoms with Gasteiger partial charge in [0.1, 0.15) is 6.61 Å². The Kier molecular flexibility index (Phi) is 9.36. The highest BCUT2D eigenvalue weighted by Crippen LogP contribution is 2.39. The summed E-state index contributed by atoms with van der Waals surface area (Å²) in [5.74, 6) is -1.61. The van der Waals surface area contributed by atoms with Crippen molar-refractivity contribution in [1.82, 2.24) is 5.32 Å². The minimum atomic E-state index is -2.25. The Bertz CT molecular complexity index is 657. The molecule has 1 rings (SSSR count). The molecular formula is C22H37NO5Si. The van der Waals surface area contributed by atoms with Crippen LogP contribution >= 0.6 is 0 Å². The number of hydrogen-bond acceptors (Lipinski definition) is 4. The molecule has 2 unspecified atom stereocenters. The zero-order valence-electron chi connectivity index (χ0n) is 18.8. The van der Waals surface area contributed by atoms with E-state index in [9.17, 15) is 14.7 Å². The van der Waals surface area contributed by atoms with Crippen molar-refractivity contribution in [2.45, 2.75) is 84.3 Å². The minimum Gasteiger partial charge on any atom is -0.481 e. The number of nitrogens with one attached hydrogen (secondary N) is 1. The van der Waals surface area contributed by atoms with Gasteiger partial charge in [0.25, 0.3) is 0 Å². The van der Waals surface area contributed by atoms with Crippen LogP contribution in [0.5, 0.6) is 0 Å². The van der Waals surface area contributed by atoms with Crippen LogP contribution in [0.1, 0.15) is 53.0 Å². The van der Waals surface area contributed by atoms with E-state index < -0.39 is 38.4 Å². The van der Waals surface area contributed by atoms with E-state index in [1.165, 1.54) is 0 Å². The van der Waals surface area contributed by atoms with Gasteiger partial charge in [0.2, 0.25) is 0 Å². The maximum Gasteiger partial charge on any atom is 0.407 e. The van der Waals surface area contributed by atoms with Crippen LogP contribution in [-0.4, -0.2) is 37.6 Å². The summed E-state index contributed by atoms with van der Waals surface area (Å²) in [6, 6.07) is 8.97. The third-order valence-electron chi connectivity index (χ3n) is 5.74. The highest BCUT2D eigenvalue weighted by Gasteiger charge is 2.44. The number of rotatable bonds is 10. The molecule has 2 N–H and O–H groups in total. The molecule has 7 heteroatoms. The topological polar surface area (TPSA) is 84.9 Å². The Morgan fingerprint density at radius 2 is 1.69 bits per heavy atom. The van der Waals surface area contributed by atoms with Gasteiger partial charge in [-0.1, -0.05) is 65.0 Å². The summed E-state index contributed by atoms with van der Waals surface area (Å²) >= 11 is 0. The van der Waals surface area contributed by atoms with Crippen molar-refractivity contribution in [1.29, 1.82) is 0 Å². The molecule has 29 heavy (non-hydrogen) atoms. The lowest BCUT2D eigenvalue weighted by atomic mass is 9.92. The number of hydrogen-bond donors (Lipinski definition) is 2. The lowest BCUT2D eigenvalue weighted by molar-refractivity contribution is -0.146. The third-order valence-corrected chi connectivity index (χ3v) is 10.2. The number of benzene rings is 1. The van der Waals surface area contributed by atoms with E-state index in [0.717, 1.165) is 5.56 Å². The van der Waals surface area contributed by atoms with E-state index in [-0.39, 0.29) is 11.6 Å². The van der Waals surface area contributed by atoms with Crippen molar-refractivity contribution in [3.05, 3.63) is 35.9 Å². The van der Waals surface area contributed by atoms with Crippen LogP contribution in [0.15, 0.2) is 30.3 Å². The maximum absolute atomic E-state index is 12.4. The molecule has 0 spiro atoms. The van der Waals surface area contributed by atoms with Crippen molar-refractivity contribution in [3.63, 3.8) is 0 Å². The molecule has 0 radical (unpaired) electrons. The summed E-state index contributed by atoms with van der Waals surface area (Å²) in [6.45, 7) is 14.4. The van der Waals surface area contributed by atoms with E-state index in [0.29, 0.717) is 12.8 Å². The van der Waals surface area contributed by atoms with Gasteiger partial charge in [-0.3, -0.25) is 4.79 Å². The van der Waals surface area contributed by atoms with Gasteiger partial charge < -0.3 is 19.6 Å². The summed E-state index contributed by atoms with van der Waals surface area (Å²) in [4.78, 5) is 24.3. The van der Waals surface area contributed by atoms with Crippen molar-refractivity contribution in [2.24, 2.45) is 5.92 Å². The molecule has 0 aliphatic rings. The number of carbonyl (C=O) groups is 2. The number of amides is 1. The largest absolute Gasteiger partial charge is 0.481 e. The Morgan fingerprint density at radius 3 is 2.14 bits per heavy atom. The number of carboxylic acids is 1. The second kappa shape index (κ2) is 10.8. The first kappa shape index (κ1) is 25.2. The van der Waals surface area contributed by atoms with Gasteiger partial charge in [-0.2, -0.15) is 0 Å². The van der Waals surface area contributed by atoms with E-state index in [1.807, 2.05) is 44.2 Å². The van der Waals surface area contributed by atoms with Crippen molar-refractivity contribution in [2.75, 3.05) is 0 Å². The number of aliphatic carboxylic acids is 1. The van der Waals surface area contributed by atoms with Crippen LogP contribution in [0.3, 0.4) is 0 Å². The van der Waals surface area contributed by atoms with Crippen molar-refractivity contribution < 1.29 is 23.9 Å². The molecule has 3 atom stereocenters. The highest BCUT2D eigenvalue weighted by atomic mass is 28.4. The molecule has 0 bridgehead atoms. The Morgan fingerprint density at radius 1 is 1.10 bits per heavy atom. The Hall–Kier alpha value is -1.86. The quantitative estimate of drug-likeness (QED) is 0.506. The molecule has 0 saturated heterocycles. The van der Waals surface area contributed by atoms with Gasteiger partial charge in [0.05, 0.1) is 18.1 Å². The van der Waals surface area contributed by atoms with Gasteiger partial charge in [0, 0.05) is 0 Å². The zero-order valence-corrected chi connectivity index (χ0v) is 19.8. The summed E-state index contributed by atoms with van der Waals surface area (Å²) in [7, 11) is -2.25. The van der Waals surface area contributed by atoms with Gasteiger partial charge in [-0.25, -0.2) is 4.79 Å². The monoisotopic (exact) mass is 423 g/mol. The van der Waals surface area contributed by atoms with Gasteiger partial charge >= 0.3 is 12.1 Å². The smallest absolute Gasteiger partial charge is 0.407 e. The average Bonchev–Trinajstić information content (AvgIpc) is 2.63. The molecule has 0 aliphatic heterocycles. The summed E-state index contributed by atoms with van der Waals surface area (Å²) in [6.07, 6.45) is -0.215. The Balaban J connectivity index is 2.97. The molecular weight excluding hydrogens is 386 g/mol.